The first-order valence-electron chi connectivity index (χ1n) is 6.97. The van der Waals surface area contributed by atoms with Crippen molar-refractivity contribution < 1.29 is 9.47 Å². The first-order chi connectivity index (χ1) is 9.83. The molecule has 0 spiro atoms. The Hall–Kier alpha value is -2.00. The monoisotopic (exact) mass is 269 g/mol. The maximum Gasteiger partial charge on any atom is 0.231 e. The van der Waals surface area contributed by atoms with E-state index in [0.717, 1.165) is 31.0 Å². The molecule has 0 saturated carbocycles. The third kappa shape index (κ3) is 2.94. The molecule has 20 heavy (non-hydrogen) atoms. The molecule has 0 fully saturated rings. The highest BCUT2D eigenvalue weighted by Crippen LogP contribution is 2.32. The minimum atomic E-state index is 0.338. The topological polar surface area (TPSA) is 30.5 Å². The highest BCUT2D eigenvalue weighted by atomic mass is 16.7. The molecule has 0 atom stereocenters. The van der Waals surface area contributed by atoms with Crippen molar-refractivity contribution in [3.8, 4) is 11.5 Å². The van der Waals surface area contributed by atoms with Crippen LogP contribution in [0.1, 0.15) is 16.7 Å². The van der Waals surface area contributed by atoms with Crippen molar-refractivity contribution in [3.05, 3.63) is 59.2 Å². The van der Waals surface area contributed by atoms with Crippen LogP contribution in [0.4, 0.5) is 0 Å². The first-order valence-corrected chi connectivity index (χ1v) is 6.97. The summed E-state index contributed by atoms with van der Waals surface area (Å²) in [6.07, 6.45) is 0.989. The molecule has 0 aliphatic carbocycles. The third-order valence-corrected chi connectivity index (χ3v) is 3.60. The van der Waals surface area contributed by atoms with Crippen molar-refractivity contribution in [2.24, 2.45) is 0 Å². The van der Waals surface area contributed by atoms with Gasteiger partial charge in [-0.2, -0.15) is 0 Å². The first kappa shape index (κ1) is 13.0. The molecule has 1 aliphatic rings. The Morgan fingerprint density at radius 3 is 2.80 bits per heavy atom. The van der Waals surface area contributed by atoms with Crippen molar-refractivity contribution in [2.45, 2.75) is 19.9 Å². The van der Waals surface area contributed by atoms with Gasteiger partial charge in [-0.15, -0.1) is 0 Å². The molecular formula is C17H19NO2. The summed E-state index contributed by atoms with van der Waals surface area (Å²) < 4.78 is 10.7. The van der Waals surface area contributed by atoms with Gasteiger partial charge in [0.15, 0.2) is 11.5 Å². The lowest BCUT2D eigenvalue weighted by molar-refractivity contribution is 0.174. The highest BCUT2D eigenvalue weighted by Gasteiger charge is 2.12. The second-order valence-corrected chi connectivity index (χ2v) is 5.04. The second-order valence-electron chi connectivity index (χ2n) is 5.04. The lowest BCUT2D eigenvalue weighted by atomic mass is 10.1. The Balaban J connectivity index is 1.49. The SMILES string of the molecule is Cc1ccccc1CNCCc1ccc2c(c1)OCO2. The fraction of sp³-hybridized carbons (Fsp3) is 0.294. The van der Waals surface area contributed by atoms with Crippen LogP contribution in [0.2, 0.25) is 0 Å². The molecule has 104 valence electrons. The van der Waals surface area contributed by atoms with Crippen LogP contribution < -0.4 is 14.8 Å². The lowest BCUT2D eigenvalue weighted by Crippen LogP contribution is -2.17. The molecule has 0 aromatic heterocycles. The van der Waals surface area contributed by atoms with Gasteiger partial charge in [0.25, 0.3) is 0 Å². The van der Waals surface area contributed by atoms with Crippen LogP contribution in [0.15, 0.2) is 42.5 Å². The van der Waals surface area contributed by atoms with Gasteiger partial charge in [-0.25, -0.2) is 0 Å². The van der Waals surface area contributed by atoms with Crippen LogP contribution in [0.5, 0.6) is 11.5 Å². The molecule has 3 heteroatoms. The summed E-state index contributed by atoms with van der Waals surface area (Å²) in [6, 6.07) is 14.6. The summed E-state index contributed by atoms with van der Waals surface area (Å²) in [4.78, 5) is 0. The van der Waals surface area contributed by atoms with E-state index >= 15 is 0 Å². The molecule has 1 N–H and O–H groups in total. The molecule has 2 aromatic carbocycles. The smallest absolute Gasteiger partial charge is 0.231 e. The summed E-state index contributed by atoms with van der Waals surface area (Å²) in [5, 5.41) is 3.49. The van der Waals surface area contributed by atoms with Gasteiger partial charge in [-0.3, -0.25) is 0 Å². The van der Waals surface area contributed by atoms with E-state index in [-0.39, 0.29) is 0 Å². The number of aryl methyl sites for hydroxylation is 1. The fourth-order valence-corrected chi connectivity index (χ4v) is 2.36. The maximum absolute atomic E-state index is 5.39. The van der Waals surface area contributed by atoms with Gasteiger partial charge in [0, 0.05) is 6.54 Å². The Bertz CT molecular complexity index is 595. The molecule has 0 unspecified atom stereocenters. The number of nitrogens with one attached hydrogen (secondary N) is 1. The Labute approximate surface area is 119 Å². The summed E-state index contributed by atoms with van der Waals surface area (Å²) in [6.45, 7) is 4.35. The van der Waals surface area contributed by atoms with E-state index in [4.69, 9.17) is 9.47 Å². The van der Waals surface area contributed by atoms with Crippen LogP contribution in [0.25, 0.3) is 0 Å². The normalized spacial score (nSPS) is 12.7. The van der Waals surface area contributed by atoms with Gasteiger partial charge in [-0.1, -0.05) is 30.3 Å². The number of benzene rings is 2. The zero-order chi connectivity index (χ0) is 13.8. The Morgan fingerprint density at radius 2 is 1.90 bits per heavy atom. The minimum Gasteiger partial charge on any atom is -0.454 e. The molecule has 1 heterocycles. The van der Waals surface area contributed by atoms with Crippen molar-refractivity contribution in [3.63, 3.8) is 0 Å². The summed E-state index contributed by atoms with van der Waals surface area (Å²) >= 11 is 0. The zero-order valence-electron chi connectivity index (χ0n) is 11.7. The molecule has 3 rings (SSSR count). The van der Waals surface area contributed by atoms with E-state index in [9.17, 15) is 0 Å². The maximum atomic E-state index is 5.39. The van der Waals surface area contributed by atoms with E-state index in [1.165, 1.54) is 16.7 Å². The van der Waals surface area contributed by atoms with Gasteiger partial charge in [0.1, 0.15) is 0 Å². The number of fused-ring (bicyclic) bond motifs is 1. The van der Waals surface area contributed by atoms with Gasteiger partial charge >= 0.3 is 0 Å². The molecule has 2 aromatic rings. The van der Waals surface area contributed by atoms with Gasteiger partial charge in [0.2, 0.25) is 6.79 Å². The Kier molecular flexibility index (Phi) is 3.88. The van der Waals surface area contributed by atoms with Gasteiger partial charge in [-0.05, 0) is 48.7 Å². The van der Waals surface area contributed by atoms with Gasteiger partial charge < -0.3 is 14.8 Å². The third-order valence-electron chi connectivity index (χ3n) is 3.60. The predicted molar refractivity (Wildman–Crippen MR) is 79.2 cm³/mol. The minimum absolute atomic E-state index is 0.338. The number of hydrogen-bond acceptors (Lipinski definition) is 3. The van der Waals surface area contributed by atoms with E-state index in [1.54, 1.807) is 0 Å². The molecule has 1 aliphatic heterocycles. The quantitative estimate of drug-likeness (QED) is 0.846. The number of rotatable bonds is 5. The summed E-state index contributed by atoms with van der Waals surface area (Å²) in [5.41, 5.74) is 3.97. The van der Waals surface area contributed by atoms with E-state index in [0.29, 0.717) is 6.79 Å². The number of hydrogen-bond donors (Lipinski definition) is 1. The van der Waals surface area contributed by atoms with Crippen LogP contribution >= 0.6 is 0 Å². The van der Waals surface area contributed by atoms with E-state index in [2.05, 4.69) is 48.6 Å². The van der Waals surface area contributed by atoms with Crippen LogP contribution in [-0.4, -0.2) is 13.3 Å². The highest BCUT2D eigenvalue weighted by molar-refractivity contribution is 5.44. The van der Waals surface area contributed by atoms with Crippen molar-refractivity contribution in [1.29, 1.82) is 0 Å². The largest absolute Gasteiger partial charge is 0.454 e. The molecule has 0 saturated heterocycles. The molecule has 0 amide bonds. The standard InChI is InChI=1S/C17H19NO2/c1-13-4-2-3-5-15(13)11-18-9-8-14-6-7-16-17(10-14)20-12-19-16/h2-7,10,18H,8-9,11-12H2,1H3. The fourth-order valence-electron chi connectivity index (χ4n) is 2.36. The molecular weight excluding hydrogens is 250 g/mol. The van der Waals surface area contributed by atoms with Crippen molar-refractivity contribution >= 4 is 0 Å². The molecule has 0 radical (unpaired) electrons. The second kappa shape index (κ2) is 5.97. The van der Waals surface area contributed by atoms with Crippen molar-refractivity contribution in [2.75, 3.05) is 13.3 Å². The van der Waals surface area contributed by atoms with E-state index in [1.807, 2.05) is 6.07 Å². The average Bonchev–Trinajstić information content (AvgIpc) is 2.93. The lowest BCUT2D eigenvalue weighted by Gasteiger charge is -2.08. The van der Waals surface area contributed by atoms with Crippen LogP contribution in [0.3, 0.4) is 0 Å². The number of ether oxygens (including phenoxy) is 2. The Morgan fingerprint density at radius 1 is 1.05 bits per heavy atom. The molecule has 3 nitrogen and oxygen atoms in total. The van der Waals surface area contributed by atoms with Crippen molar-refractivity contribution in [1.82, 2.24) is 5.32 Å². The molecule has 0 bridgehead atoms. The van der Waals surface area contributed by atoms with E-state index < -0.39 is 0 Å². The summed E-state index contributed by atoms with van der Waals surface area (Å²) in [7, 11) is 0. The van der Waals surface area contributed by atoms with Crippen LogP contribution in [0, 0.1) is 6.92 Å². The van der Waals surface area contributed by atoms with Gasteiger partial charge in [0.05, 0.1) is 0 Å². The summed E-state index contributed by atoms with van der Waals surface area (Å²) in [5.74, 6) is 1.71. The zero-order valence-corrected chi connectivity index (χ0v) is 11.7. The van der Waals surface area contributed by atoms with Crippen LogP contribution in [-0.2, 0) is 13.0 Å². The predicted octanol–water partition coefficient (Wildman–Crippen LogP) is 3.06. The average molecular weight is 269 g/mol.